The van der Waals surface area contributed by atoms with Crippen LogP contribution in [0, 0.1) is 6.92 Å². The second-order valence-corrected chi connectivity index (χ2v) is 8.44. The molecule has 0 radical (unpaired) electrons. The number of anilines is 1. The average Bonchev–Trinajstić information content (AvgIpc) is 2.83. The minimum Gasteiger partial charge on any atom is -0.497 e. The van der Waals surface area contributed by atoms with Crippen LogP contribution in [-0.4, -0.2) is 43.6 Å². The first-order valence-corrected chi connectivity index (χ1v) is 11.8. The third kappa shape index (κ3) is 5.91. The van der Waals surface area contributed by atoms with Crippen LogP contribution in [0.25, 0.3) is 0 Å². The van der Waals surface area contributed by atoms with Crippen LogP contribution in [0.2, 0.25) is 0 Å². The van der Waals surface area contributed by atoms with Crippen LogP contribution < -0.4 is 20.1 Å². The number of benzene rings is 2. The number of hydrogen-bond donors (Lipinski definition) is 2. The Bertz CT molecular complexity index is 1130. The Morgan fingerprint density at radius 1 is 1.12 bits per heavy atom. The van der Waals surface area contributed by atoms with E-state index in [0.717, 1.165) is 11.3 Å². The SMILES string of the molecule is CCOC(=O)C1=C(C)NC(SCC(=O)Nc2ccccc2C)=N[C@@H]1c1ccc(OC)cc1OC. The molecule has 0 aromatic heterocycles. The molecule has 1 atom stereocenters. The number of hydrogen-bond acceptors (Lipinski definition) is 8. The summed E-state index contributed by atoms with van der Waals surface area (Å²) in [7, 11) is 3.12. The maximum absolute atomic E-state index is 12.8. The van der Waals surface area contributed by atoms with Crippen LogP contribution in [0.1, 0.15) is 31.0 Å². The summed E-state index contributed by atoms with van der Waals surface area (Å²) in [4.78, 5) is 30.1. The number of ether oxygens (including phenoxy) is 3. The number of amides is 1. The molecule has 0 spiro atoms. The molecule has 0 saturated carbocycles. The van der Waals surface area contributed by atoms with Crippen LogP contribution in [0.5, 0.6) is 11.5 Å². The molecule has 1 aliphatic rings. The van der Waals surface area contributed by atoms with Crippen LogP contribution in [0.4, 0.5) is 5.69 Å². The molecule has 0 fully saturated rings. The molecule has 1 aliphatic heterocycles. The molecule has 1 heterocycles. The van der Waals surface area contributed by atoms with Gasteiger partial charge in [0.1, 0.15) is 17.5 Å². The molecule has 180 valence electrons. The van der Waals surface area contributed by atoms with E-state index in [1.807, 2.05) is 37.3 Å². The van der Waals surface area contributed by atoms with Gasteiger partial charge in [-0.3, -0.25) is 4.79 Å². The molecule has 2 aromatic rings. The Labute approximate surface area is 203 Å². The number of nitrogens with one attached hydrogen (secondary N) is 2. The number of rotatable bonds is 8. The van der Waals surface area contributed by atoms with Crippen LogP contribution in [0.15, 0.2) is 58.7 Å². The number of aliphatic imine (C=N–C) groups is 1. The Hall–Kier alpha value is -3.46. The number of esters is 1. The standard InChI is InChI=1S/C25H29N3O5S/c1-6-33-24(30)22-16(3)26-25(34-14-21(29)27-19-10-8-7-9-15(19)2)28-23(22)18-12-11-17(31-4)13-20(18)32-5/h7-13,23H,6,14H2,1-5H3,(H,26,28)(H,27,29)/t23-/m1/s1. The zero-order valence-corrected chi connectivity index (χ0v) is 20.7. The molecule has 0 saturated heterocycles. The molecule has 9 heteroatoms. The first kappa shape index (κ1) is 25.2. The highest BCUT2D eigenvalue weighted by Crippen LogP contribution is 2.39. The number of para-hydroxylation sites is 1. The zero-order chi connectivity index (χ0) is 24.7. The normalized spacial score (nSPS) is 15.2. The van der Waals surface area contributed by atoms with Gasteiger partial charge < -0.3 is 24.8 Å². The summed E-state index contributed by atoms with van der Waals surface area (Å²) in [6.45, 7) is 5.72. The first-order valence-electron chi connectivity index (χ1n) is 10.8. The van der Waals surface area contributed by atoms with Crippen molar-refractivity contribution in [3.63, 3.8) is 0 Å². The number of carbonyl (C=O) groups excluding carboxylic acids is 2. The van der Waals surface area contributed by atoms with E-state index in [-0.39, 0.29) is 18.3 Å². The highest BCUT2D eigenvalue weighted by Gasteiger charge is 2.32. The summed E-state index contributed by atoms with van der Waals surface area (Å²) in [5.41, 5.74) is 3.44. The number of amidine groups is 1. The van der Waals surface area contributed by atoms with Crippen molar-refractivity contribution in [3.05, 3.63) is 64.9 Å². The molecular formula is C25H29N3O5S. The minimum absolute atomic E-state index is 0.147. The van der Waals surface area contributed by atoms with Crippen molar-refractivity contribution in [3.8, 4) is 11.5 Å². The molecule has 0 bridgehead atoms. The third-order valence-electron chi connectivity index (χ3n) is 5.21. The highest BCUT2D eigenvalue weighted by atomic mass is 32.2. The lowest BCUT2D eigenvalue weighted by Crippen LogP contribution is -2.31. The van der Waals surface area contributed by atoms with Gasteiger partial charge in [-0.15, -0.1) is 0 Å². The third-order valence-corrected chi connectivity index (χ3v) is 6.10. The van der Waals surface area contributed by atoms with Crippen molar-refractivity contribution in [2.75, 3.05) is 31.9 Å². The zero-order valence-electron chi connectivity index (χ0n) is 19.9. The van der Waals surface area contributed by atoms with E-state index >= 15 is 0 Å². The molecule has 8 nitrogen and oxygen atoms in total. The molecule has 0 aliphatic carbocycles. The van der Waals surface area contributed by atoms with E-state index < -0.39 is 12.0 Å². The smallest absolute Gasteiger partial charge is 0.338 e. The lowest BCUT2D eigenvalue weighted by molar-refractivity contribution is -0.139. The summed E-state index contributed by atoms with van der Waals surface area (Å²) >= 11 is 1.26. The summed E-state index contributed by atoms with van der Waals surface area (Å²) in [5, 5.41) is 6.58. The second kappa shape index (κ2) is 11.6. The Kier molecular flexibility index (Phi) is 8.59. The lowest BCUT2D eigenvalue weighted by atomic mass is 9.95. The fourth-order valence-corrected chi connectivity index (χ4v) is 4.24. The average molecular weight is 484 g/mol. The number of allylic oxidation sites excluding steroid dienone is 1. The van der Waals surface area contributed by atoms with Gasteiger partial charge >= 0.3 is 5.97 Å². The van der Waals surface area contributed by atoms with Gasteiger partial charge in [0.2, 0.25) is 5.91 Å². The van der Waals surface area contributed by atoms with Gasteiger partial charge in [0.15, 0.2) is 5.17 Å². The summed E-state index contributed by atoms with van der Waals surface area (Å²) in [5.74, 6) is 0.695. The highest BCUT2D eigenvalue weighted by molar-refractivity contribution is 8.14. The lowest BCUT2D eigenvalue weighted by Gasteiger charge is -2.26. The van der Waals surface area contributed by atoms with Crippen molar-refractivity contribution in [2.24, 2.45) is 4.99 Å². The number of methoxy groups -OCH3 is 2. The quantitative estimate of drug-likeness (QED) is 0.543. The van der Waals surface area contributed by atoms with Crippen molar-refractivity contribution < 1.29 is 23.8 Å². The Morgan fingerprint density at radius 2 is 1.88 bits per heavy atom. The molecule has 34 heavy (non-hydrogen) atoms. The molecule has 2 aromatic carbocycles. The summed E-state index contributed by atoms with van der Waals surface area (Å²) in [6, 6.07) is 12.3. The molecule has 2 N–H and O–H groups in total. The van der Waals surface area contributed by atoms with Gasteiger partial charge in [-0.25, -0.2) is 9.79 Å². The molecular weight excluding hydrogens is 454 g/mol. The molecule has 1 amide bonds. The van der Waals surface area contributed by atoms with Crippen molar-refractivity contribution in [2.45, 2.75) is 26.8 Å². The van der Waals surface area contributed by atoms with Crippen molar-refractivity contribution in [1.82, 2.24) is 5.32 Å². The van der Waals surface area contributed by atoms with Crippen LogP contribution in [0.3, 0.4) is 0 Å². The van der Waals surface area contributed by atoms with Gasteiger partial charge in [-0.2, -0.15) is 0 Å². The monoisotopic (exact) mass is 483 g/mol. The topological polar surface area (TPSA) is 98.2 Å². The Balaban J connectivity index is 1.86. The fourth-order valence-electron chi connectivity index (χ4n) is 3.50. The van der Waals surface area contributed by atoms with Crippen LogP contribution in [-0.2, 0) is 14.3 Å². The van der Waals surface area contributed by atoms with Gasteiger partial charge in [0, 0.05) is 23.0 Å². The van der Waals surface area contributed by atoms with E-state index in [4.69, 9.17) is 19.2 Å². The maximum Gasteiger partial charge on any atom is 0.338 e. The van der Waals surface area contributed by atoms with E-state index in [1.54, 1.807) is 40.2 Å². The fraction of sp³-hybridized carbons (Fsp3) is 0.320. The largest absolute Gasteiger partial charge is 0.497 e. The predicted molar refractivity (Wildman–Crippen MR) is 134 cm³/mol. The number of nitrogens with zero attached hydrogens (tertiary/aromatic N) is 1. The van der Waals surface area contributed by atoms with Crippen LogP contribution >= 0.6 is 11.8 Å². The van der Waals surface area contributed by atoms with E-state index in [1.165, 1.54) is 11.8 Å². The van der Waals surface area contributed by atoms with Crippen molar-refractivity contribution >= 4 is 34.5 Å². The number of aryl methyl sites for hydroxylation is 1. The van der Waals surface area contributed by atoms with Gasteiger partial charge in [-0.1, -0.05) is 30.0 Å². The molecule has 0 unspecified atom stereocenters. The number of thioether (sulfide) groups is 1. The van der Waals surface area contributed by atoms with E-state index in [0.29, 0.717) is 33.5 Å². The first-order chi connectivity index (χ1) is 16.4. The summed E-state index contributed by atoms with van der Waals surface area (Å²) in [6.07, 6.45) is 0. The predicted octanol–water partition coefficient (Wildman–Crippen LogP) is 4.22. The number of carbonyl (C=O) groups is 2. The minimum atomic E-state index is -0.664. The second-order valence-electron chi connectivity index (χ2n) is 7.48. The van der Waals surface area contributed by atoms with Gasteiger partial charge in [0.25, 0.3) is 0 Å². The van der Waals surface area contributed by atoms with Gasteiger partial charge in [-0.05, 0) is 44.5 Å². The maximum atomic E-state index is 12.8. The van der Waals surface area contributed by atoms with E-state index in [9.17, 15) is 9.59 Å². The summed E-state index contributed by atoms with van der Waals surface area (Å²) < 4.78 is 16.1. The molecule has 3 rings (SSSR count). The van der Waals surface area contributed by atoms with E-state index in [2.05, 4.69) is 10.6 Å². The Morgan fingerprint density at radius 3 is 2.56 bits per heavy atom. The van der Waals surface area contributed by atoms with Crippen molar-refractivity contribution in [1.29, 1.82) is 0 Å². The van der Waals surface area contributed by atoms with Gasteiger partial charge in [0.05, 0.1) is 32.2 Å².